The number of rotatable bonds is 7. The van der Waals surface area contributed by atoms with E-state index in [0.717, 1.165) is 5.56 Å². The summed E-state index contributed by atoms with van der Waals surface area (Å²) in [6.07, 6.45) is 1.55. The van der Waals surface area contributed by atoms with Gasteiger partial charge in [-0.05, 0) is 29.3 Å². The van der Waals surface area contributed by atoms with Gasteiger partial charge in [-0.1, -0.05) is 36.4 Å². The van der Waals surface area contributed by atoms with Crippen LogP contribution in [0.25, 0.3) is 6.08 Å². The Hall–Kier alpha value is -3.81. The predicted molar refractivity (Wildman–Crippen MR) is 104 cm³/mol. The van der Waals surface area contributed by atoms with Crippen LogP contribution in [-0.2, 0) is 20.8 Å². The first-order chi connectivity index (χ1) is 13.9. The molecule has 1 atom stereocenters. The molecule has 150 valence electrons. The summed E-state index contributed by atoms with van der Waals surface area (Å²) in [5, 5.41) is 14.4. The second-order valence-electron chi connectivity index (χ2n) is 6.41. The molecule has 8 nitrogen and oxygen atoms in total. The Kier molecular flexibility index (Phi) is 6.13. The van der Waals surface area contributed by atoms with E-state index in [9.17, 15) is 19.5 Å². The minimum Gasteiger partial charge on any atom is -0.480 e. The first-order valence-corrected chi connectivity index (χ1v) is 8.89. The van der Waals surface area contributed by atoms with Crippen LogP contribution in [-0.4, -0.2) is 35.7 Å². The summed E-state index contributed by atoms with van der Waals surface area (Å²) in [4.78, 5) is 35.9. The van der Waals surface area contributed by atoms with E-state index in [4.69, 9.17) is 9.47 Å². The van der Waals surface area contributed by atoms with Crippen LogP contribution in [0.4, 0.5) is 0 Å². The number of benzene rings is 2. The first-order valence-electron chi connectivity index (χ1n) is 8.89. The van der Waals surface area contributed by atoms with Crippen molar-refractivity contribution in [1.29, 1.82) is 0 Å². The molecule has 0 aliphatic carbocycles. The standard InChI is InChI=1S/C21H20N2O6/c1-13(24)22-16(10-15-7-8-18-19(11-15)29-12-28-18)20(25)23-17(21(26)27)9-14-5-3-2-4-6-14/h2-8,10-11,17H,9,12H2,1H3,(H,22,24)(H,23,25)(H,26,27)/b16-10-. The summed E-state index contributed by atoms with van der Waals surface area (Å²) in [6.45, 7) is 1.38. The topological polar surface area (TPSA) is 114 Å². The molecule has 2 amide bonds. The molecule has 1 aliphatic heterocycles. The number of fused-ring (bicyclic) bond motifs is 1. The van der Waals surface area contributed by atoms with E-state index in [2.05, 4.69) is 10.6 Å². The van der Waals surface area contributed by atoms with Crippen molar-refractivity contribution >= 4 is 23.9 Å². The first kappa shape index (κ1) is 19.9. The Morgan fingerprint density at radius 3 is 2.52 bits per heavy atom. The number of hydrogen-bond acceptors (Lipinski definition) is 5. The van der Waals surface area contributed by atoms with Crippen molar-refractivity contribution in [2.24, 2.45) is 0 Å². The van der Waals surface area contributed by atoms with E-state index in [1.807, 2.05) is 6.07 Å². The van der Waals surface area contributed by atoms with Crippen LogP contribution in [0.2, 0.25) is 0 Å². The number of carbonyl (C=O) groups excluding carboxylic acids is 2. The summed E-state index contributed by atoms with van der Waals surface area (Å²) < 4.78 is 10.6. The van der Waals surface area contributed by atoms with Crippen molar-refractivity contribution in [3.63, 3.8) is 0 Å². The number of aliphatic carboxylic acids is 1. The lowest BCUT2D eigenvalue weighted by Crippen LogP contribution is -2.45. The number of carbonyl (C=O) groups is 3. The molecule has 29 heavy (non-hydrogen) atoms. The van der Waals surface area contributed by atoms with E-state index in [1.54, 1.807) is 42.5 Å². The highest BCUT2D eigenvalue weighted by molar-refractivity contribution is 6.02. The quantitative estimate of drug-likeness (QED) is 0.614. The Balaban J connectivity index is 1.80. The molecule has 3 rings (SSSR count). The third-order valence-electron chi connectivity index (χ3n) is 4.15. The normalized spacial score (nSPS) is 13.5. The van der Waals surface area contributed by atoms with Gasteiger partial charge in [0.2, 0.25) is 12.7 Å². The van der Waals surface area contributed by atoms with E-state index < -0.39 is 23.8 Å². The fourth-order valence-electron chi connectivity index (χ4n) is 2.80. The summed E-state index contributed by atoms with van der Waals surface area (Å²) in [5.41, 5.74) is 1.28. The lowest BCUT2D eigenvalue weighted by Gasteiger charge is -2.16. The molecule has 0 radical (unpaired) electrons. The van der Waals surface area contributed by atoms with Crippen LogP contribution in [0.3, 0.4) is 0 Å². The molecule has 0 bridgehead atoms. The highest BCUT2D eigenvalue weighted by Gasteiger charge is 2.23. The Morgan fingerprint density at radius 1 is 1.10 bits per heavy atom. The van der Waals surface area contributed by atoms with Crippen LogP contribution in [0.1, 0.15) is 18.1 Å². The van der Waals surface area contributed by atoms with Crippen molar-refractivity contribution in [2.75, 3.05) is 6.79 Å². The number of nitrogens with one attached hydrogen (secondary N) is 2. The second kappa shape index (κ2) is 8.92. The van der Waals surface area contributed by atoms with Gasteiger partial charge >= 0.3 is 5.97 Å². The molecular weight excluding hydrogens is 376 g/mol. The third-order valence-corrected chi connectivity index (χ3v) is 4.15. The zero-order valence-electron chi connectivity index (χ0n) is 15.7. The van der Waals surface area contributed by atoms with Gasteiger partial charge in [0.25, 0.3) is 5.91 Å². The van der Waals surface area contributed by atoms with E-state index in [-0.39, 0.29) is 18.9 Å². The average molecular weight is 396 g/mol. The van der Waals surface area contributed by atoms with Gasteiger partial charge in [0.05, 0.1) is 0 Å². The Morgan fingerprint density at radius 2 is 1.83 bits per heavy atom. The number of amides is 2. The van der Waals surface area contributed by atoms with Crippen molar-refractivity contribution in [3.05, 3.63) is 65.4 Å². The molecule has 3 N–H and O–H groups in total. The van der Waals surface area contributed by atoms with Crippen LogP contribution in [0, 0.1) is 0 Å². The van der Waals surface area contributed by atoms with Crippen molar-refractivity contribution in [2.45, 2.75) is 19.4 Å². The highest BCUT2D eigenvalue weighted by Crippen LogP contribution is 2.33. The minimum absolute atomic E-state index is 0.0734. The van der Waals surface area contributed by atoms with Gasteiger partial charge in [0.15, 0.2) is 11.5 Å². The molecule has 1 unspecified atom stereocenters. The maximum Gasteiger partial charge on any atom is 0.326 e. The third kappa shape index (κ3) is 5.35. The highest BCUT2D eigenvalue weighted by atomic mass is 16.7. The van der Waals surface area contributed by atoms with E-state index in [1.165, 1.54) is 13.0 Å². The molecule has 0 saturated heterocycles. The maximum atomic E-state index is 12.7. The van der Waals surface area contributed by atoms with Gasteiger partial charge in [0.1, 0.15) is 11.7 Å². The summed E-state index contributed by atoms with van der Waals surface area (Å²) in [5.74, 6) is -1.23. The van der Waals surface area contributed by atoms with Gasteiger partial charge in [-0.3, -0.25) is 9.59 Å². The van der Waals surface area contributed by atoms with Gasteiger partial charge in [0, 0.05) is 13.3 Å². The largest absolute Gasteiger partial charge is 0.480 e. The fraction of sp³-hybridized carbons (Fsp3) is 0.190. The molecule has 2 aromatic rings. The number of carboxylic acids is 1. The Labute approximate surface area is 167 Å². The molecule has 0 spiro atoms. The summed E-state index contributed by atoms with van der Waals surface area (Å²) >= 11 is 0. The SMILES string of the molecule is CC(=O)N/C(=C\c1ccc2c(c1)OCO2)C(=O)NC(Cc1ccccc1)C(=O)O. The van der Waals surface area contributed by atoms with Gasteiger partial charge in [-0.25, -0.2) is 4.79 Å². The van der Waals surface area contributed by atoms with Crippen LogP contribution >= 0.6 is 0 Å². The minimum atomic E-state index is -1.17. The van der Waals surface area contributed by atoms with Gasteiger partial charge in [-0.2, -0.15) is 0 Å². The average Bonchev–Trinajstić information content (AvgIpc) is 3.15. The summed E-state index contributed by atoms with van der Waals surface area (Å²) in [7, 11) is 0. The van der Waals surface area contributed by atoms with Gasteiger partial charge < -0.3 is 25.2 Å². The Bertz CT molecular complexity index is 955. The molecule has 0 saturated carbocycles. The number of ether oxygens (including phenoxy) is 2. The molecule has 0 fully saturated rings. The molecular formula is C21H20N2O6. The lowest BCUT2D eigenvalue weighted by molar-refractivity contribution is -0.141. The second-order valence-corrected chi connectivity index (χ2v) is 6.41. The zero-order valence-corrected chi connectivity index (χ0v) is 15.7. The van der Waals surface area contributed by atoms with Crippen LogP contribution in [0.15, 0.2) is 54.2 Å². The predicted octanol–water partition coefficient (Wildman–Crippen LogP) is 1.70. The zero-order chi connectivity index (χ0) is 20.8. The van der Waals surface area contributed by atoms with Crippen molar-refractivity contribution in [1.82, 2.24) is 10.6 Å². The molecule has 2 aromatic carbocycles. The smallest absolute Gasteiger partial charge is 0.326 e. The van der Waals surface area contributed by atoms with E-state index in [0.29, 0.717) is 17.1 Å². The summed E-state index contributed by atoms with van der Waals surface area (Å²) in [6, 6.07) is 12.8. The fourth-order valence-corrected chi connectivity index (χ4v) is 2.80. The van der Waals surface area contributed by atoms with Crippen LogP contribution in [0.5, 0.6) is 11.5 Å². The van der Waals surface area contributed by atoms with Crippen molar-refractivity contribution < 1.29 is 29.0 Å². The van der Waals surface area contributed by atoms with Gasteiger partial charge in [-0.15, -0.1) is 0 Å². The number of carboxylic acid groups (broad SMARTS) is 1. The molecule has 1 heterocycles. The van der Waals surface area contributed by atoms with Crippen LogP contribution < -0.4 is 20.1 Å². The van der Waals surface area contributed by atoms with E-state index >= 15 is 0 Å². The molecule has 0 aromatic heterocycles. The lowest BCUT2D eigenvalue weighted by atomic mass is 10.1. The van der Waals surface area contributed by atoms with Crippen molar-refractivity contribution in [3.8, 4) is 11.5 Å². The molecule has 8 heteroatoms. The maximum absolute atomic E-state index is 12.7. The monoisotopic (exact) mass is 396 g/mol. The number of hydrogen-bond donors (Lipinski definition) is 3. The molecule has 1 aliphatic rings.